The average Bonchev–Trinajstić information content (AvgIpc) is 2.54. The third kappa shape index (κ3) is 3.04. The number of benzene rings is 1. The Kier molecular flexibility index (Phi) is 5.42. The fourth-order valence-electron chi connectivity index (χ4n) is 2.26. The molecule has 0 saturated heterocycles. The van der Waals surface area contributed by atoms with E-state index in [-0.39, 0.29) is 64.1 Å². The van der Waals surface area contributed by atoms with Gasteiger partial charge in [0.1, 0.15) is 0 Å². The number of thioether (sulfide) groups is 1. The molecule has 2 aromatic rings. The maximum atomic E-state index is 12.4. The minimum atomic E-state index is -0.717. The van der Waals surface area contributed by atoms with Crippen molar-refractivity contribution in [3.8, 4) is 11.3 Å². The van der Waals surface area contributed by atoms with Gasteiger partial charge in [-0.15, -0.1) is 5.69 Å². The fraction of sp³-hybridized carbons (Fsp3) is 0.267. The van der Waals surface area contributed by atoms with Crippen LogP contribution in [0.1, 0.15) is 19.4 Å². The molecule has 0 atom stereocenters. The molecule has 3 rings (SSSR count). The van der Waals surface area contributed by atoms with E-state index in [4.69, 9.17) is 0 Å². The van der Waals surface area contributed by atoms with E-state index in [9.17, 15) is 4.79 Å². The van der Waals surface area contributed by atoms with Crippen molar-refractivity contribution in [1.29, 1.82) is 0 Å². The number of carbonyl (C=O) groups is 1. The number of carbonyl (C=O) groups excluding carboxylic acids is 1. The molecular weight excluding hydrogens is 356 g/mol. The maximum absolute atomic E-state index is 12.4. The summed E-state index contributed by atoms with van der Waals surface area (Å²) in [7, 11) is 0. The van der Waals surface area contributed by atoms with Crippen molar-refractivity contribution in [1.82, 2.24) is 9.97 Å². The second-order valence-corrected chi connectivity index (χ2v) is 5.95. The van der Waals surface area contributed by atoms with Gasteiger partial charge in [0, 0.05) is 17.2 Å². The third-order valence-corrected chi connectivity index (χ3v) is 4.10. The number of amides is 1. The van der Waals surface area contributed by atoms with Crippen molar-refractivity contribution in [2.24, 2.45) is 0 Å². The zero-order valence-electron chi connectivity index (χ0n) is 12.5. The summed E-state index contributed by atoms with van der Waals surface area (Å²) in [6.45, 7) is 3.73. The molecule has 0 spiro atoms. The van der Waals surface area contributed by atoms with Gasteiger partial charge in [0.25, 0.3) is 0 Å². The third-order valence-electron chi connectivity index (χ3n) is 3.54. The molecular formula is C15H14N3ORbS. The van der Waals surface area contributed by atoms with Crippen LogP contribution in [-0.2, 0) is 10.2 Å². The Morgan fingerprint density at radius 1 is 1.24 bits per heavy atom. The molecule has 1 amide bonds. The molecule has 102 valence electrons. The number of aromatic nitrogens is 2. The summed E-state index contributed by atoms with van der Waals surface area (Å²) in [5.74, 6) is -0.163. The van der Waals surface area contributed by atoms with Gasteiger partial charge < -0.3 is 10.1 Å². The number of fused-ring (bicyclic) bond motifs is 3. The zero-order chi connectivity index (χ0) is 14.3. The van der Waals surface area contributed by atoms with Crippen molar-refractivity contribution in [2.45, 2.75) is 24.4 Å². The molecule has 0 radical (unpaired) electrons. The molecule has 1 aromatic carbocycles. The SMILES string of the molecule is CSc1ncc2c(n1)-c1ccccc1[N-]C(=O)C2(C)C.[Rb+]. The molecule has 0 bridgehead atoms. The van der Waals surface area contributed by atoms with Gasteiger partial charge in [0.15, 0.2) is 5.16 Å². The molecule has 21 heavy (non-hydrogen) atoms. The Bertz CT molecular complexity index is 703. The van der Waals surface area contributed by atoms with Crippen LogP contribution in [0.4, 0.5) is 5.69 Å². The fourth-order valence-corrected chi connectivity index (χ4v) is 2.60. The number of nitrogens with zero attached hydrogens (tertiary/aromatic N) is 3. The first-order valence-electron chi connectivity index (χ1n) is 6.31. The molecule has 4 nitrogen and oxygen atoms in total. The first kappa shape index (κ1) is 17.3. The van der Waals surface area contributed by atoms with Gasteiger partial charge >= 0.3 is 58.2 Å². The normalized spacial score (nSPS) is 15.1. The van der Waals surface area contributed by atoms with E-state index >= 15 is 0 Å². The number of rotatable bonds is 1. The first-order valence-corrected chi connectivity index (χ1v) is 7.53. The molecule has 0 N–H and O–H groups in total. The summed E-state index contributed by atoms with van der Waals surface area (Å²) in [6.07, 6.45) is 3.69. The van der Waals surface area contributed by atoms with E-state index < -0.39 is 5.41 Å². The van der Waals surface area contributed by atoms with Crippen LogP contribution >= 0.6 is 11.8 Å². The Morgan fingerprint density at radius 2 is 1.95 bits per heavy atom. The van der Waals surface area contributed by atoms with E-state index in [1.54, 1.807) is 6.20 Å². The predicted molar refractivity (Wildman–Crippen MR) is 80.3 cm³/mol. The summed E-state index contributed by atoms with van der Waals surface area (Å²) < 4.78 is 0. The molecule has 2 heterocycles. The predicted octanol–water partition coefficient (Wildman–Crippen LogP) is 0.692. The van der Waals surface area contributed by atoms with Gasteiger partial charge in [-0.1, -0.05) is 49.9 Å². The van der Waals surface area contributed by atoms with E-state index in [0.717, 1.165) is 16.8 Å². The number of hydrogen-bond acceptors (Lipinski definition) is 4. The molecule has 0 fully saturated rings. The van der Waals surface area contributed by atoms with E-state index in [1.165, 1.54) is 11.8 Å². The van der Waals surface area contributed by atoms with Crippen LogP contribution in [-0.4, -0.2) is 22.1 Å². The number of hydrogen-bond donors (Lipinski definition) is 0. The van der Waals surface area contributed by atoms with Crippen molar-refractivity contribution in [3.05, 3.63) is 41.3 Å². The Hall–Kier alpha value is -0.0748. The summed E-state index contributed by atoms with van der Waals surface area (Å²) >= 11 is 1.49. The van der Waals surface area contributed by atoms with Gasteiger partial charge in [0.05, 0.1) is 11.6 Å². The van der Waals surface area contributed by atoms with Crippen LogP contribution in [0.5, 0.6) is 0 Å². The standard InChI is InChI=1S/C15H15N3OS.Rb/c1-15(2)10-8-16-14(20-3)18-12(10)9-6-4-5-7-11(9)17-13(15)19;/h4-8H,1-3H3,(H,16,17,18,19);/q;+1/p-1. The summed E-state index contributed by atoms with van der Waals surface area (Å²) in [5.41, 5.74) is 2.48. The van der Waals surface area contributed by atoms with E-state index in [2.05, 4.69) is 15.3 Å². The quantitative estimate of drug-likeness (QED) is 0.548. The molecule has 0 saturated carbocycles. The number of para-hydroxylation sites is 1. The van der Waals surface area contributed by atoms with Crippen LogP contribution in [0.3, 0.4) is 0 Å². The second-order valence-electron chi connectivity index (χ2n) is 5.18. The molecule has 1 aliphatic rings. The van der Waals surface area contributed by atoms with Gasteiger partial charge in [-0.05, 0) is 11.8 Å². The zero-order valence-corrected chi connectivity index (χ0v) is 18.3. The first-order chi connectivity index (χ1) is 9.54. The van der Waals surface area contributed by atoms with Crippen molar-refractivity contribution >= 4 is 23.4 Å². The molecule has 0 unspecified atom stereocenters. The van der Waals surface area contributed by atoms with Crippen molar-refractivity contribution < 1.29 is 63.0 Å². The average molecular weight is 370 g/mol. The van der Waals surface area contributed by atoms with Gasteiger partial charge in [-0.3, -0.25) is 0 Å². The largest absolute Gasteiger partial charge is 1.00 e. The molecule has 0 aliphatic carbocycles. The van der Waals surface area contributed by atoms with Gasteiger partial charge in [0.2, 0.25) is 0 Å². The summed E-state index contributed by atoms with van der Waals surface area (Å²) in [6, 6.07) is 7.61. The van der Waals surface area contributed by atoms with Crippen molar-refractivity contribution in [3.63, 3.8) is 0 Å². The summed E-state index contributed by atoms with van der Waals surface area (Å²) in [4.78, 5) is 21.3. The second kappa shape index (κ2) is 6.58. The topological polar surface area (TPSA) is 57.0 Å². The maximum Gasteiger partial charge on any atom is 1.00 e. The van der Waals surface area contributed by atoms with Crippen molar-refractivity contribution in [2.75, 3.05) is 6.26 Å². The van der Waals surface area contributed by atoms with Gasteiger partial charge in [-0.2, -0.15) is 0 Å². The van der Waals surface area contributed by atoms with E-state index in [1.807, 2.05) is 44.4 Å². The Labute approximate surface area is 177 Å². The minimum Gasteiger partial charge on any atom is -0.626 e. The van der Waals surface area contributed by atoms with Crippen LogP contribution < -0.4 is 58.2 Å². The smallest absolute Gasteiger partial charge is 0.626 e. The van der Waals surface area contributed by atoms with Crippen LogP contribution in [0.15, 0.2) is 35.6 Å². The molecule has 1 aliphatic heterocycles. The van der Waals surface area contributed by atoms with Crippen LogP contribution in [0, 0.1) is 0 Å². The Balaban J connectivity index is 0.00000161. The summed E-state index contributed by atoms with van der Waals surface area (Å²) in [5, 5.41) is 4.95. The Morgan fingerprint density at radius 3 is 2.67 bits per heavy atom. The van der Waals surface area contributed by atoms with Crippen LogP contribution in [0.25, 0.3) is 16.6 Å². The monoisotopic (exact) mass is 369 g/mol. The molecule has 1 aromatic heterocycles. The van der Waals surface area contributed by atoms with E-state index in [0.29, 0.717) is 10.8 Å². The van der Waals surface area contributed by atoms with Crippen LogP contribution in [0.2, 0.25) is 0 Å². The molecule has 6 heteroatoms. The van der Waals surface area contributed by atoms with Gasteiger partial charge in [-0.25, -0.2) is 9.97 Å². The minimum absolute atomic E-state index is 0.